The smallest absolute Gasteiger partial charge is 0.227 e. The van der Waals surface area contributed by atoms with Gasteiger partial charge in [-0.1, -0.05) is 60.7 Å². The van der Waals surface area contributed by atoms with Gasteiger partial charge in [0.05, 0.1) is 31.6 Å². The van der Waals surface area contributed by atoms with E-state index in [-0.39, 0.29) is 60.3 Å². The van der Waals surface area contributed by atoms with Gasteiger partial charge in [0, 0.05) is 49.7 Å². The highest BCUT2D eigenvalue weighted by molar-refractivity contribution is 7.91. The normalized spacial score (nSPS) is 26.3. The third-order valence-electron chi connectivity index (χ3n) is 9.60. The van der Waals surface area contributed by atoms with Crippen molar-refractivity contribution in [2.45, 2.75) is 31.0 Å². The molecule has 4 aliphatic rings. The molecule has 3 aromatic carbocycles. The quantitative estimate of drug-likeness (QED) is 0.400. The Labute approximate surface area is 254 Å². The molecule has 0 saturated carbocycles. The maximum Gasteiger partial charge on any atom is 0.227 e. The van der Waals surface area contributed by atoms with Crippen molar-refractivity contribution in [1.82, 2.24) is 15.1 Å². The standard InChI is InChI=1S/C34H41N3O5S/c1-41-27-13-14-30(42-2)26(21-27)22-35-32-28-15-16-37(23-29(28)34(38)36-17-19-43(39,40)20-18-36)33(32)31(24-9-5-3-6-10-24)25-11-7-4-8-12-25/h3-14,21,28-29,31-33,35H,15-20,22-23H2,1-2H3/t28-,29-,32-,33-/m0/s1. The second-order valence-corrected chi connectivity index (χ2v) is 14.2. The first-order valence-electron chi connectivity index (χ1n) is 15.2. The van der Waals surface area contributed by atoms with Gasteiger partial charge in [0.15, 0.2) is 9.84 Å². The molecule has 4 heterocycles. The molecular weight excluding hydrogens is 562 g/mol. The number of fused-ring (bicyclic) bond motifs is 3. The van der Waals surface area contributed by atoms with Gasteiger partial charge >= 0.3 is 0 Å². The summed E-state index contributed by atoms with van der Waals surface area (Å²) in [5.74, 6) is 1.75. The summed E-state index contributed by atoms with van der Waals surface area (Å²) in [5.41, 5.74) is 3.50. The highest BCUT2D eigenvalue weighted by atomic mass is 32.2. The second-order valence-electron chi connectivity index (χ2n) is 11.9. The third-order valence-corrected chi connectivity index (χ3v) is 11.2. The summed E-state index contributed by atoms with van der Waals surface area (Å²) < 4.78 is 35.4. The average molecular weight is 604 g/mol. The molecule has 0 aromatic heterocycles. The van der Waals surface area contributed by atoms with Gasteiger partial charge < -0.3 is 19.7 Å². The van der Waals surface area contributed by atoms with E-state index >= 15 is 0 Å². The van der Waals surface area contributed by atoms with Crippen LogP contribution in [0, 0.1) is 11.8 Å². The lowest BCUT2D eigenvalue weighted by Crippen LogP contribution is -2.69. The van der Waals surface area contributed by atoms with Crippen LogP contribution in [0.15, 0.2) is 78.9 Å². The van der Waals surface area contributed by atoms with E-state index in [1.807, 2.05) is 18.2 Å². The molecule has 228 valence electrons. The van der Waals surface area contributed by atoms with Crippen molar-refractivity contribution in [1.29, 1.82) is 0 Å². The van der Waals surface area contributed by atoms with E-state index in [1.54, 1.807) is 19.1 Å². The number of nitrogens with zero attached hydrogens (tertiary/aromatic N) is 2. The molecule has 0 radical (unpaired) electrons. The number of ether oxygens (including phenoxy) is 2. The van der Waals surface area contributed by atoms with Crippen LogP contribution < -0.4 is 14.8 Å². The number of piperidine rings is 3. The third kappa shape index (κ3) is 6.16. The zero-order valence-electron chi connectivity index (χ0n) is 24.9. The molecule has 0 spiro atoms. The van der Waals surface area contributed by atoms with E-state index in [9.17, 15) is 13.2 Å². The number of sulfone groups is 1. The fourth-order valence-electron chi connectivity index (χ4n) is 7.45. The molecule has 0 aliphatic carbocycles. The Morgan fingerprint density at radius 1 is 0.907 bits per heavy atom. The molecule has 8 nitrogen and oxygen atoms in total. The van der Waals surface area contributed by atoms with Crippen LogP contribution in [0.2, 0.25) is 0 Å². The number of carbonyl (C=O) groups is 1. The number of rotatable bonds is 9. The van der Waals surface area contributed by atoms with Gasteiger partial charge in [-0.15, -0.1) is 0 Å². The molecule has 1 unspecified atom stereocenters. The van der Waals surface area contributed by atoms with Gasteiger partial charge in [0.2, 0.25) is 5.91 Å². The summed E-state index contributed by atoms with van der Waals surface area (Å²) in [5, 5.41) is 3.92. The molecule has 43 heavy (non-hydrogen) atoms. The highest BCUT2D eigenvalue weighted by Gasteiger charge is 2.53. The fourth-order valence-corrected chi connectivity index (χ4v) is 8.65. The fraction of sp³-hybridized carbons (Fsp3) is 0.441. The SMILES string of the molecule is COc1ccc(OC)c(CN[C@H]2[C@H]3CCN(C[C@@H]3C(=O)N3CCS(=O)(=O)CC3)[C@H]2C(c2ccccc2)c2ccccc2)c1. The summed E-state index contributed by atoms with van der Waals surface area (Å²) in [6.45, 7) is 2.72. The molecular formula is C34H41N3O5S. The second kappa shape index (κ2) is 12.7. The van der Waals surface area contributed by atoms with Crippen LogP contribution in [0.25, 0.3) is 0 Å². The number of carbonyl (C=O) groups excluding carboxylic acids is 1. The Kier molecular flexibility index (Phi) is 8.75. The molecule has 2 bridgehead atoms. The number of hydrogen-bond acceptors (Lipinski definition) is 7. The first-order chi connectivity index (χ1) is 20.9. The first-order valence-corrected chi connectivity index (χ1v) is 17.0. The molecule has 7 rings (SSSR count). The number of methoxy groups -OCH3 is 2. The monoisotopic (exact) mass is 603 g/mol. The first kappa shape index (κ1) is 29.7. The van der Waals surface area contributed by atoms with E-state index in [1.165, 1.54) is 11.1 Å². The van der Waals surface area contributed by atoms with Crippen molar-refractivity contribution in [3.8, 4) is 11.5 Å². The zero-order valence-corrected chi connectivity index (χ0v) is 25.7. The molecule has 3 aromatic rings. The minimum absolute atomic E-state index is 0.00583. The molecule has 9 heteroatoms. The van der Waals surface area contributed by atoms with E-state index < -0.39 is 9.84 Å². The molecule has 4 fully saturated rings. The lowest BCUT2D eigenvalue weighted by molar-refractivity contribution is -0.146. The maximum atomic E-state index is 14.0. The number of amides is 1. The minimum Gasteiger partial charge on any atom is -0.497 e. The van der Waals surface area contributed by atoms with E-state index in [0.717, 1.165) is 30.0 Å². The summed E-state index contributed by atoms with van der Waals surface area (Å²) in [6.07, 6.45) is 0.905. The average Bonchev–Trinajstić information content (AvgIpc) is 3.05. The van der Waals surface area contributed by atoms with Crippen LogP contribution in [0.5, 0.6) is 11.5 Å². The van der Waals surface area contributed by atoms with Gasteiger partial charge in [-0.05, 0) is 48.2 Å². The Balaban J connectivity index is 1.36. The lowest BCUT2D eigenvalue weighted by Gasteiger charge is -2.57. The predicted molar refractivity (Wildman–Crippen MR) is 167 cm³/mol. The van der Waals surface area contributed by atoms with Gasteiger partial charge in [-0.3, -0.25) is 9.69 Å². The minimum atomic E-state index is -3.07. The summed E-state index contributed by atoms with van der Waals surface area (Å²) in [6, 6.07) is 27.3. The largest absolute Gasteiger partial charge is 0.497 e. The van der Waals surface area contributed by atoms with E-state index in [4.69, 9.17) is 9.47 Å². The molecule has 4 saturated heterocycles. The van der Waals surface area contributed by atoms with Gasteiger partial charge in [-0.25, -0.2) is 8.42 Å². The van der Waals surface area contributed by atoms with Crippen LogP contribution in [0.4, 0.5) is 0 Å². The Hall–Kier alpha value is -3.40. The molecule has 5 atom stereocenters. The maximum absolute atomic E-state index is 14.0. The van der Waals surface area contributed by atoms with Crippen LogP contribution in [0.3, 0.4) is 0 Å². The van der Waals surface area contributed by atoms with Crippen LogP contribution in [-0.2, 0) is 21.2 Å². The van der Waals surface area contributed by atoms with Crippen molar-refractivity contribution in [2.24, 2.45) is 11.8 Å². The van der Waals surface area contributed by atoms with E-state index in [2.05, 4.69) is 70.9 Å². The van der Waals surface area contributed by atoms with Crippen molar-refractivity contribution >= 4 is 15.7 Å². The summed E-state index contributed by atoms with van der Waals surface area (Å²) in [7, 11) is 0.266. The van der Waals surface area contributed by atoms with Gasteiger partial charge in [-0.2, -0.15) is 0 Å². The van der Waals surface area contributed by atoms with Gasteiger partial charge in [0.1, 0.15) is 11.5 Å². The zero-order chi connectivity index (χ0) is 30.0. The molecule has 1 amide bonds. The van der Waals surface area contributed by atoms with Crippen molar-refractivity contribution in [3.63, 3.8) is 0 Å². The highest BCUT2D eigenvalue weighted by Crippen LogP contribution is 2.45. The Bertz CT molecular complexity index is 1460. The molecule has 1 N–H and O–H groups in total. The Morgan fingerprint density at radius 3 is 2.16 bits per heavy atom. The van der Waals surface area contributed by atoms with E-state index in [0.29, 0.717) is 13.1 Å². The van der Waals surface area contributed by atoms with Crippen molar-refractivity contribution in [3.05, 3.63) is 95.6 Å². The number of nitrogens with one attached hydrogen (secondary N) is 1. The number of benzene rings is 3. The summed E-state index contributed by atoms with van der Waals surface area (Å²) in [4.78, 5) is 18.3. The van der Waals surface area contributed by atoms with Gasteiger partial charge in [0.25, 0.3) is 0 Å². The Morgan fingerprint density at radius 2 is 1.56 bits per heavy atom. The van der Waals surface area contributed by atoms with Crippen LogP contribution in [-0.4, -0.2) is 88.1 Å². The summed E-state index contributed by atoms with van der Waals surface area (Å²) >= 11 is 0. The van der Waals surface area contributed by atoms with Crippen molar-refractivity contribution in [2.75, 3.05) is 51.9 Å². The predicted octanol–water partition coefficient (Wildman–Crippen LogP) is 3.57. The number of hydrogen-bond donors (Lipinski definition) is 1. The topological polar surface area (TPSA) is 88.2 Å². The molecule has 4 aliphatic heterocycles. The van der Waals surface area contributed by atoms with Crippen molar-refractivity contribution < 1.29 is 22.7 Å². The lowest BCUT2D eigenvalue weighted by atomic mass is 9.66. The van der Waals surface area contributed by atoms with Crippen LogP contribution >= 0.6 is 0 Å². The van der Waals surface area contributed by atoms with Crippen LogP contribution in [0.1, 0.15) is 29.0 Å².